The molecule has 0 unspecified atom stereocenters. The molecule has 1 aromatic carbocycles. The van der Waals surface area contributed by atoms with Crippen molar-refractivity contribution in [3.05, 3.63) is 36.0 Å². The van der Waals surface area contributed by atoms with Crippen LogP contribution in [-0.2, 0) is 13.6 Å². The van der Waals surface area contributed by atoms with E-state index in [-0.39, 0.29) is 6.03 Å². The molecule has 0 saturated heterocycles. The van der Waals surface area contributed by atoms with Gasteiger partial charge in [-0.2, -0.15) is 5.10 Å². The summed E-state index contributed by atoms with van der Waals surface area (Å²) in [4.78, 5) is 14.0. The second kappa shape index (κ2) is 5.97. The maximum Gasteiger partial charge on any atom is 0.323 e. The first-order chi connectivity index (χ1) is 10.7. The van der Waals surface area contributed by atoms with E-state index in [1.54, 1.807) is 36.0 Å². The number of hydrogen-bond donors (Lipinski definition) is 1. The van der Waals surface area contributed by atoms with Crippen LogP contribution in [0.3, 0.4) is 0 Å². The molecule has 116 valence electrons. The lowest BCUT2D eigenvalue weighted by Gasteiger charge is -2.19. The molecule has 1 aliphatic rings. The van der Waals surface area contributed by atoms with Crippen LogP contribution in [0.2, 0.25) is 0 Å². The lowest BCUT2D eigenvalue weighted by atomic mass is 10.2. The number of carbonyl (C=O) groups excluding carboxylic acids is 1. The van der Waals surface area contributed by atoms with Crippen LogP contribution >= 0.6 is 0 Å². The molecule has 7 nitrogen and oxygen atoms in total. The topological polar surface area (TPSA) is 68.6 Å². The summed E-state index contributed by atoms with van der Waals surface area (Å²) in [6.07, 6.45) is 1.78. The quantitative estimate of drug-likeness (QED) is 0.919. The summed E-state index contributed by atoms with van der Waals surface area (Å²) in [7, 11) is 3.42. The van der Waals surface area contributed by atoms with E-state index in [1.807, 2.05) is 18.2 Å². The molecule has 0 atom stereocenters. The minimum absolute atomic E-state index is 0.189. The summed E-state index contributed by atoms with van der Waals surface area (Å²) in [5.41, 5.74) is 0.953. The van der Waals surface area contributed by atoms with E-state index in [0.29, 0.717) is 25.5 Å². The van der Waals surface area contributed by atoms with E-state index in [0.717, 1.165) is 17.1 Å². The van der Waals surface area contributed by atoms with Gasteiger partial charge in [0.2, 0.25) is 0 Å². The van der Waals surface area contributed by atoms with E-state index < -0.39 is 0 Å². The van der Waals surface area contributed by atoms with Gasteiger partial charge in [0.1, 0.15) is 18.1 Å². The zero-order valence-corrected chi connectivity index (χ0v) is 12.6. The molecule has 0 bridgehead atoms. The molecule has 1 aromatic heterocycles. The second-order valence-corrected chi connectivity index (χ2v) is 5.05. The lowest BCUT2D eigenvalue weighted by Crippen LogP contribution is -2.36. The van der Waals surface area contributed by atoms with Gasteiger partial charge in [-0.15, -0.1) is 0 Å². The number of aryl methyl sites for hydroxylation is 1. The number of ether oxygens (including phenoxy) is 2. The number of carbonyl (C=O) groups is 1. The number of nitrogens with zero attached hydrogens (tertiary/aromatic N) is 3. The molecule has 2 aromatic rings. The molecule has 0 aliphatic carbocycles. The van der Waals surface area contributed by atoms with Gasteiger partial charge in [-0.25, -0.2) is 4.79 Å². The monoisotopic (exact) mass is 302 g/mol. The molecule has 22 heavy (non-hydrogen) atoms. The Kier molecular flexibility index (Phi) is 3.86. The Morgan fingerprint density at radius 2 is 2.27 bits per heavy atom. The fourth-order valence-electron chi connectivity index (χ4n) is 2.32. The SMILES string of the molecule is COc1ccc2c(c1)OCCN(C(=O)Nc1ccn(C)n1)C2. The first-order valence-electron chi connectivity index (χ1n) is 7.01. The molecule has 0 radical (unpaired) electrons. The smallest absolute Gasteiger partial charge is 0.323 e. The third-order valence-electron chi connectivity index (χ3n) is 3.49. The Morgan fingerprint density at radius 3 is 3.00 bits per heavy atom. The Labute approximate surface area is 128 Å². The Bertz CT molecular complexity index is 683. The number of urea groups is 1. The van der Waals surface area contributed by atoms with E-state index in [9.17, 15) is 4.79 Å². The van der Waals surface area contributed by atoms with Crippen molar-refractivity contribution in [3.63, 3.8) is 0 Å². The molecule has 1 aliphatic heterocycles. The molecule has 0 fully saturated rings. The van der Waals surface area contributed by atoms with Gasteiger partial charge in [-0.3, -0.25) is 10.00 Å². The lowest BCUT2D eigenvalue weighted by molar-refractivity contribution is 0.200. The maximum absolute atomic E-state index is 12.3. The molecule has 3 rings (SSSR count). The minimum Gasteiger partial charge on any atom is -0.497 e. The molecule has 0 saturated carbocycles. The summed E-state index contributed by atoms with van der Waals surface area (Å²) in [6.45, 7) is 1.43. The number of anilines is 1. The van der Waals surface area contributed by atoms with Crippen LogP contribution in [0.4, 0.5) is 10.6 Å². The number of aromatic nitrogens is 2. The normalized spacial score (nSPS) is 13.8. The fourth-order valence-corrected chi connectivity index (χ4v) is 2.32. The van der Waals surface area contributed by atoms with E-state index in [1.165, 1.54) is 0 Å². The zero-order chi connectivity index (χ0) is 15.5. The molecule has 2 heterocycles. The number of fused-ring (bicyclic) bond motifs is 1. The van der Waals surface area contributed by atoms with Gasteiger partial charge >= 0.3 is 6.03 Å². The molecular formula is C15H18N4O3. The standard InChI is InChI=1S/C15H18N4O3/c1-18-6-5-14(17-18)16-15(20)19-7-8-22-13-9-12(21-2)4-3-11(13)10-19/h3-6,9H,7-8,10H2,1-2H3,(H,16,17,20). The number of rotatable bonds is 2. The number of nitrogens with one attached hydrogen (secondary N) is 1. The summed E-state index contributed by atoms with van der Waals surface area (Å²) in [5, 5.41) is 6.93. The number of amides is 2. The van der Waals surface area contributed by atoms with Crippen molar-refractivity contribution in [2.45, 2.75) is 6.54 Å². The summed E-state index contributed by atoms with van der Waals surface area (Å²) < 4.78 is 12.5. The highest BCUT2D eigenvalue weighted by atomic mass is 16.5. The van der Waals surface area contributed by atoms with Gasteiger partial charge in [0.25, 0.3) is 0 Å². The Morgan fingerprint density at radius 1 is 1.41 bits per heavy atom. The zero-order valence-electron chi connectivity index (χ0n) is 12.6. The summed E-state index contributed by atoms with van der Waals surface area (Å²) in [5.74, 6) is 2.03. The van der Waals surface area contributed by atoms with Gasteiger partial charge in [0.05, 0.1) is 20.2 Å². The second-order valence-electron chi connectivity index (χ2n) is 5.05. The van der Waals surface area contributed by atoms with Crippen molar-refractivity contribution in [1.82, 2.24) is 14.7 Å². The highest BCUT2D eigenvalue weighted by Gasteiger charge is 2.20. The maximum atomic E-state index is 12.3. The van der Waals surface area contributed by atoms with Gasteiger partial charge < -0.3 is 14.4 Å². The average molecular weight is 302 g/mol. The van der Waals surface area contributed by atoms with Gasteiger partial charge in [-0.1, -0.05) is 0 Å². The predicted octanol–water partition coefficient (Wildman–Crippen LogP) is 1.86. The van der Waals surface area contributed by atoms with Gasteiger partial charge in [0.15, 0.2) is 5.82 Å². The molecule has 2 amide bonds. The van der Waals surface area contributed by atoms with Crippen LogP contribution in [-0.4, -0.2) is 41.0 Å². The highest BCUT2D eigenvalue weighted by molar-refractivity contribution is 5.88. The summed E-state index contributed by atoms with van der Waals surface area (Å²) in [6, 6.07) is 7.19. The first-order valence-corrected chi connectivity index (χ1v) is 7.01. The largest absolute Gasteiger partial charge is 0.497 e. The van der Waals surface area contributed by atoms with E-state index in [2.05, 4.69) is 10.4 Å². The average Bonchev–Trinajstić information content (AvgIpc) is 2.81. The van der Waals surface area contributed by atoms with Crippen molar-refractivity contribution < 1.29 is 14.3 Å². The first kappa shape index (κ1) is 14.2. The Hall–Kier alpha value is -2.70. The third-order valence-corrected chi connectivity index (χ3v) is 3.49. The fraction of sp³-hybridized carbons (Fsp3) is 0.333. The Balaban J connectivity index is 1.73. The van der Waals surface area contributed by atoms with Crippen LogP contribution < -0.4 is 14.8 Å². The van der Waals surface area contributed by atoms with Crippen molar-refractivity contribution in [3.8, 4) is 11.5 Å². The summed E-state index contributed by atoms with van der Waals surface area (Å²) >= 11 is 0. The minimum atomic E-state index is -0.189. The van der Waals surface area contributed by atoms with Crippen molar-refractivity contribution in [1.29, 1.82) is 0 Å². The van der Waals surface area contributed by atoms with Crippen molar-refractivity contribution in [2.24, 2.45) is 7.05 Å². The van der Waals surface area contributed by atoms with Gasteiger partial charge in [-0.05, 0) is 12.1 Å². The van der Waals surface area contributed by atoms with Crippen LogP contribution in [0.25, 0.3) is 0 Å². The van der Waals surface area contributed by atoms with Crippen LogP contribution in [0.1, 0.15) is 5.56 Å². The van der Waals surface area contributed by atoms with Crippen LogP contribution in [0, 0.1) is 0 Å². The predicted molar refractivity (Wildman–Crippen MR) is 81.1 cm³/mol. The molecule has 1 N–H and O–H groups in total. The highest BCUT2D eigenvalue weighted by Crippen LogP contribution is 2.28. The van der Waals surface area contributed by atoms with E-state index >= 15 is 0 Å². The van der Waals surface area contributed by atoms with Crippen LogP contribution in [0.5, 0.6) is 11.5 Å². The number of benzene rings is 1. The molecule has 0 spiro atoms. The van der Waals surface area contributed by atoms with Crippen molar-refractivity contribution in [2.75, 3.05) is 25.6 Å². The van der Waals surface area contributed by atoms with Gasteiger partial charge in [0, 0.05) is 30.9 Å². The third kappa shape index (κ3) is 2.98. The van der Waals surface area contributed by atoms with Crippen LogP contribution in [0.15, 0.2) is 30.5 Å². The molecule has 7 heteroatoms. The number of hydrogen-bond acceptors (Lipinski definition) is 4. The van der Waals surface area contributed by atoms with E-state index in [4.69, 9.17) is 9.47 Å². The number of methoxy groups -OCH3 is 1. The van der Waals surface area contributed by atoms with Crippen molar-refractivity contribution >= 4 is 11.8 Å². The molecular weight excluding hydrogens is 284 g/mol.